The molecule has 0 aromatic carbocycles. The molecule has 0 saturated heterocycles. The van der Waals surface area contributed by atoms with Gasteiger partial charge in [0.1, 0.15) is 0 Å². The molecule has 0 aromatic heterocycles. The zero-order valence-electron chi connectivity index (χ0n) is 9.63. The first-order valence-corrected chi connectivity index (χ1v) is 5.31. The van der Waals surface area contributed by atoms with E-state index in [1.165, 1.54) is 0 Å². The highest BCUT2D eigenvalue weighted by molar-refractivity contribution is 4.83. The molecule has 0 amide bonds. The van der Waals surface area contributed by atoms with Crippen molar-refractivity contribution in [3.05, 3.63) is 0 Å². The predicted molar refractivity (Wildman–Crippen MR) is 55.8 cm³/mol. The molecule has 0 rings (SSSR count). The van der Waals surface area contributed by atoms with Crippen LogP contribution in [0.5, 0.6) is 0 Å². The summed E-state index contributed by atoms with van der Waals surface area (Å²) in [5.41, 5.74) is -0.411. The summed E-state index contributed by atoms with van der Waals surface area (Å²) in [7, 11) is 0. The fourth-order valence-electron chi connectivity index (χ4n) is 1.76. The quantitative estimate of drug-likeness (QED) is 0.694. The second-order valence-electron chi connectivity index (χ2n) is 4.06. The smallest absolute Gasteiger partial charge is 0.0886 e. The van der Waals surface area contributed by atoms with Gasteiger partial charge in [-0.25, -0.2) is 0 Å². The first-order valence-electron chi connectivity index (χ1n) is 5.31. The summed E-state index contributed by atoms with van der Waals surface area (Å²) in [4.78, 5) is 0. The summed E-state index contributed by atoms with van der Waals surface area (Å²) < 4.78 is 5.53. The van der Waals surface area contributed by atoms with Crippen LogP contribution in [0.4, 0.5) is 0 Å². The summed E-state index contributed by atoms with van der Waals surface area (Å²) in [6.45, 7) is 10.8. The summed E-state index contributed by atoms with van der Waals surface area (Å²) in [5.74, 6) is 0.349. The minimum atomic E-state index is -0.411. The third kappa shape index (κ3) is 3.65. The minimum Gasteiger partial charge on any atom is -0.390 e. The highest BCUT2D eigenvalue weighted by Gasteiger charge is 2.32. The maximum Gasteiger partial charge on any atom is 0.0886 e. The number of aliphatic hydroxyl groups excluding tert-OH is 1. The van der Waals surface area contributed by atoms with Gasteiger partial charge in [0.2, 0.25) is 0 Å². The zero-order valence-corrected chi connectivity index (χ0v) is 9.63. The van der Waals surface area contributed by atoms with Gasteiger partial charge in [-0.2, -0.15) is 0 Å². The Hall–Kier alpha value is -0.0800. The summed E-state index contributed by atoms with van der Waals surface area (Å²) >= 11 is 0. The zero-order chi connectivity index (χ0) is 10.5. The number of hydrogen-bond acceptors (Lipinski definition) is 2. The first kappa shape index (κ1) is 12.9. The van der Waals surface area contributed by atoms with Crippen molar-refractivity contribution < 1.29 is 9.84 Å². The Labute approximate surface area is 82.3 Å². The lowest BCUT2D eigenvalue weighted by Gasteiger charge is -2.35. The fourth-order valence-corrected chi connectivity index (χ4v) is 1.76. The lowest BCUT2D eigenvalue weighted by molar-refractivity contribution is -0.118. The Bertz CT molecular complexity index is 128. The molecule has 80 valence electrons. The van der Waals surface area contributed by atoms with E-state index in [9.17, 15) is 5.11 Å². The molecule has 0 fully saturated rings. The molecule has 0 aliphatic heterocycles. The molecule has 2 nitrogen and oxygen atoms in total. The van der Waals surface area contributed by atoms with E-state index in [-0.39, 0.29) is 6.10 Å². The Morgan fingerprint density at radius 3 is 1.92 bits per heavy atom. The van der Waals surface area contributed by atoms with E-state index in [0.717, 1.165) is 12.8 Å². The molecule has 0 spiro atoms. The van der Waals surface area contributed by atoms with Crippen molar-refractivity contribution in [2.45, 2.75) is 59.2 Å². The normalized spacial score (nSPS) is 15.0. The van der Waals surface area contributed by atoms with Crippen LogP contribution in [0.2, 0.25) is 0 Å². The average molecular weight is 188 g/mol. The number of rotatable bonds is 6. The van der Waals surface area contributed by atoms with Gasteiger partial charge in [-0.3, -0.25) is 0 Å². The molecule has 13 heavy (non-hydrogen) atoms. The predicted octanol–water partition coefficient (Wildman–Crippen LogP) is 2.60. The monoisotopic (exact) mass is 188 g/mol. The number of aliphatic hydroxyl groups is 1. The number of ether oxygens (including phenoxy) is 1. The van der Waals surface area contributed by atoms with Crippen LogP contribution >= 0.6 is 0 Å². The molecule has 1 atom stereocenters. The molecule has 2 heteroatoms. The van der Waals surface area contributed by atoms with E-state index in [1.807, 2.05) is 20.8 Å². The summed E-state index contributed by atoms with van der Waals surface area (Å²) in [6.07, 6.45) is 1.66. The molecule has 0 aromatic rings. The Kier molecular flexibility index (Phi) is 5.57. The van der Waals surface area contributed by atoms with Gasteiger partial charge in [0.25, 0.3) is 0 Å². The van der Waals surface area contributed by atoms with Gasteiger partial charge >= 0.3 is 0 Å². The molecular formula is C11H24O2. The maximum atomic E-state index is 10.0. The van der Waals surface area contributed by atoms with Crippen LogP contribution in [0.3, 0.4) is 0 Å². The standard InChI is InChI=1S/C11H24O2/c1-6-9(7-2)10(12)11(4,5)13-8-3/h9-10,12H,6-8H2,1-5H3. The molecule has 1 unspecified atom stereocenters. The molecule has 0 aliphatic carbocycles. The van der Waals surface area contributed by atoms with Gasteiger partial charge in [0.05, 0.1) is 11.7 Å². The lowest BCUT2D eigenvalue weighted by Crippen LogP contribution is -2.43. The van der Waals surface area contributed by atoms with Crippen LogP contribution < -0.4 is 0 Å². The Balaban J connectivity index is 4.26. The third-order valence-corrected chi connectivity index (χ3v) is 2.72. The average Bonchev–Trinajstić information content (AvgIpc) is 2.06. The Morgan fingerprint density at radius 1 is 1.15 bits per heavy atom. The van der Waals surface area contributed by atoms with Crippen LogP contribution in [0.25, 0.3) is 0 Å². The topological polar surface area (TPSA) is 29.5 Å². The van der Waals surface area contributed by atoms with Gasteiger partial charge in [-0.05, 0) is 26.7 Å². The van der Waals surface area contributed by atoms with Crippen LogP contribution in [-0.2, 0) is 4.74 Å². The van der Waals surface area contributed by atoms with Crippen molar-refractivity contribution in [2.24, 2.45) is 5.92 Å². The van der Waals surface area contributed by atoms with Crippen LogP contribution in [0, 0.1) is 5.92 Å². The highest BCUT2D eigenvalue weighted by atomic mass is 16.5. The van der Waals surface area contributed by atoms with E-state index >= 15 is 0 Å². The van der Waals surface area contributed by atoms with Crippen molar-refractivity contribution in [3.63, 3.8) is 0 Å². The van der Waals surface area contributed by atoms with E-state index in [2.05, 4.69) is 13.8 Å². The number of hydrogen-bond donors (Lipinski definition) is 1. The third-order valence-electron chi connectivity index (χ3n) is 2.72. The van der Waals surface area contributed by atoms with Gasteiger partial charge in [-0.15, -0.1) is 0 Å². The second-order valence-corrected chi connectivity index (χ2v) is 4.06. The molecule has 0 heterocycles. The minimum absolute atomic E-state index is 0.349. The molecule has 0 radical (unpaired) electrons. The lowest BCUT2D eigenvalue weighted by atomic mass is 9.86. The van der Waals surface area contributed by atoms with E-state index < -0.39 is 5.60 Å². The van der Waals surface area contributed by atoms with E-state index in [1.54, 1.807) is 0 Å². The molecule has 1 N–H and O–H groups in total. The molecular weight excluding hydrogens is 164 g/mol. The van der Waals surface area contributed by atoms with Crippen LogP contribution in [0.15, 0.2) is 0 Å². The Morgan fingerprint density at radius 2 is 1.62 bits per heavy atom. The molecule has 0 saturated carbocycles. The van der Waals surface area contributed by atoms with Crippen LogP contribution in [0.1, 0.15) is 47.5 Å². The van der Waals surface area contributed by atoms with Crippen molar-refractivity contribution in [1.29, 1.82) is 0 Å². The van der Waals surface area contributed by atoms with Gasteiger partial charge in [0, 0.05) is 6.61 Å². The van der Waals surface area contributed by atoms with E-state index in [0.29, 0.717) is 12.5 Å². The molecule has 0 aliphatic rings. The summed E-state index contributed by atoms with van der Waals surface area (Å²) in [5, 5.41) is 10.0. The van der Waals surface area contributed by atoms with Gasteiger partial charge < -0.3 is 9.84 Å². The maximum absolute atomic E-state index is 10.0. The fraction of sp³-hybridized carbons (Fsp3) is 1.00. The van der Waals surface area contributed by atoms with Gasteiger partial charge in [0.15, 0.2) is 0 Å². The largest absolute Gasteiger partial charge is 0.390 e. The molecule has 0 bridgehead atoms. The van der Waals surface area contributed by atoms with Crippen molar-refractivity contribution >= 4 is 0 Å². The second kappa shape index (κ2) is 5.61. The van der Waals surface area contributed by atoms with E-state index in [4.69, 9.17) is 4.74 Å². The van der Waals surface area contributed by atoms with Crippen molar-refractivity contribution in [2.75, 3.05) is 6.61 Å². The highest BCUT2D eigenvalue weighted by Crippen LogP contribution is 2.25. The SMILES string of the molecule is CCOC(C)(C)C(O)C(CC)CC. The summed E-state index contributed by atoms with van der Waals surface area (Å²) in [6, 6.07) is 0. The van der Waals surface area contributed by atoms with Gasteiger partial charge in [-0.1, -0.05) is 26.7 Å². The van der Waals surface area contributed by atoms with Crippen molar-refractivity contribution in [3.8, 4) is 0 Å². The van der Waals surface area contributed by atoms with Crippen molar-refractivity contribution in [1.82, 2.24) is 0 Å². The van der Waals surface area contributed by atoms with Crippen LogP contribution in [-0.4, -0.2) is 23.4 Å². The first-order chi connectivity index (χ1) is 5.99.